The van der Waals surface area contributed by atoms with Crippen LogP contribution >= 0.6 is 0 Å². The molecule has 0 aromatic carbocycles. The molecule has 0 unspecified atom stereocenters. The molecule has 0 bridgehead atoms. The first-order valence-electron chi connectivity index (χ1n) is 10.0. The monoisotopic (exact) mass is 334 g/mol. The van der Waals surface area contributed by atoms with Gasteiger partial charge in [-0.05, 0) is 52.4 Å². The smallest absolute Gasteiger partial charge is 0.318 e. The molecule has 4 nitrogen and oxygen atoms in total. The summed E-state index contributed by atoms with van der Waals surface area (Å²) in [7, 11) is 0. The number of hydrogen-bond acceptors (Lipinski definition) is 4. The molecule has 0 aliphatic rings. The lowest BCUT2D eigenvalue weighted by atomic mass is 9.65. The van der Waals surface area contributed by atoms with E-state index >= 15 is 0 Å². The zero-order valence-corrected chi connectivity index (χ0v) is 17.6. The lowest BCUT2D eigenvalue weighted by molar-refractivity contribution is 0.387. The minimum absolute atomic E-state index is 0.212. The summed E-state index contributed by atoms with van der Waals surface area (Å²) in [4.78, 5) is 9.84. The van der Waals surface area contributed by atoms with Gasteiger partial charge in [-0.1, -0.05) is 55.4 Å². The van der Waals surface area contributed by atoms with Gasteiger partial charge in [0, 0.05) is 0 Å². The van der Waals surface area contributed by atoms with Crippen molar-refractivity contribution in [3.63, 3.8) is 0 Å². The maximum Gasteiger partial charge on any atom is 0.399 e. The lowest BCUT2D eigenvalue weighted by Crippen LogP contribution is -2.54. The van der Waals surface area contributed by atoms with Gasteiger partial charge in [0.25, 0.3) is 0 Å². The molecule has 138 valence electrons. The first-order chi connectivity index (χ1) is 11.6. The van der Waals surface area contributed by atoms with Crippen molar-refractivity contribution < 1.29 is 0 Å². The normalized spacial score (nSPS) is 11.3. The van der Waals surface area contributed by atoms with Gasteiger partial charge < -0.3 is 19.2 Å². The average Bonchev–Trinajstić information content (AvgIpc) is 2.62. The Morgan fingerprint density at radius 2 is 0.583 bits per heavy atom. The van der Waals surface area contributed by atoms with Crippen LogP contribution in [0.3, 0.4) is 0 Å². The summed E-state index contributed by atoms with van der Waals surface area (Å²) in [5, 5.41) is 0. The first kappa shape index (κ1) is 23.5. The third kappa shape index (κ3) is 6.80. The zero-order chi connectivity index (χ0) is 18.5. The quantitative estimate of drug-likeness (QED) is 0.401. The Morgan fingerprint density at radius 3 is 0.708 bits per heavy atom. The Hall–Kier alpha value is -0.470. The highest BCUT2D eigenvalue weighted by Gasteiger charge is 2.29. The van der Waals surface area contributed by atoms with Crippen molar-refractivity contribution in [2.45, 2.75) is 55.4 Å². The maximum atomic E-state index is 3.64. The molecule has 24 heavy (non-hydrogen) atoms. The number of nitrogens with zero attached hydrogens (tertiary/aromatic N) is 4. The topological polar surface area (TPSA) is 13.0 Å². The van der Waals surface area contributed by atoms with Crippen LogP contribution in [-0.2, 0) is 0 Å². The van der Waals surface area contributed by atoms with Crippen molar-refractivity contribution in [3.05, 3.63) is 0 Å². The van der Waals surface area contributed by atoms with Crippen LogP contribution in [0.1, 0.15) is 55.4 Å². The minimum Gasteiger partial charge on any atom is -0.318 e. The molecule has 0 fully saturated rings. The fourth-order valence-electron chi connectivity index (χ4n) is 3.25. The molecular formula is C18H40B2N4. The molecule has 0 atom stereocenters. The molecule has 0 amide bonds. The molecule has 0 aliphatic carbocycles. The van der Waals surface area contributed by atoms with Crippen LogP contribution in [-0.4, -0.2) is 85.6 Å². The van der Waals surface area contributed by atoms with Gasteiger partial charge in [-0.25, -0.2) is 0 Å². The van der Waals surface area contributed by atoms with Gasteiger partial charge in [0.05, 0.1) is 0 Å². The van der Waals surface area contributed by atoms with Crippen molar-refractivity contribution in [1.29, 1.82) is 0 Å². The highest BCUT2D eigenvalue weighted by atomic mass is 15.2. The molecule has 0 aromatic rings. The molecule has 0 saturated heterocycles. The summed E-state index contributed by atoms with van der Waals surface area (Å²) < 4.78 is 0. The van der Waals surface area contributed by atoms with Gasteiger partial charge >= 0.3 is 14.0 Å². The maximum absolute atomic E-state index is 3.64. The van der Waals surface area contributed by atoms with E-state index in [0.29, 0.717) is 0 Å². The van der Waals surface area contributed by atoms with E-state index in [1.54, 1.807) is 0 Å². The number of rotatable bonds is 12. The molecule has 0 rings (SSSR count). The van der Waals surface area contributed by atoms with Crippen molar-refractivity contribution in [3.8, 4) is 11.6 Å². The molecule has 6 heteroatoms. The standard InChI is InChI=1S/C18H40B2N4/c1-9-21(10-2)19(22(11-3)12-4)17-18-20(23(13-5)14-6)24(15-7)16-8/h9-16H2,1-8H3. The lowest BCUT2D eigenvalue weighted by Gasteiger charge is -2.33. The Kier molecular flexibility index (Phi) is 13.5. The summed E-state index contributed by atoms with van der Waals surface area (Å²) in [6.45, 7) is 26.5. The zero-order valence-electron chi connectivity index (χ0n) is 17.6. The van der Waals surface area contributed by atoms with E-state index in [1.165, 1.54) is 0 Å². The fraction of sp³-hybridized carbons (Fsp3) is 0.889. The Labute approximate surface area is 153 Å². The molecule has 0 saturated carbocycles. The third-order valence-electron chi connectivity index (χ3n) is 4.97. The van der Waals surface area contributed by atoms with Gasteiger partial charge in [-0.2, -0.15) is 0 Å². The summed E-state index contributed by atoms with van der Waals surface area (Å²) in [6, 6.07) is 0. The molecule has 0 heterocycles. The van der Waals surface area contributed by atoms with Gasteiger partial charge in [-0.3, -0.25) is 0 Å². The fourth-order valence-corrected chi connectivity index (χ4v) is 3.25. The van der Waals surface area contributed by atoms with Gasteiger partial charge in [0.15, 0.2) is 0 Å². The molecule has 0 aliphatic heterocycles. The highest BCUT2D eigenvalue weighted by Crippen LogP contribution is 2.04. The van der Waals surface area contributed by atoms with Crippen LogP contribution in [0.4, 0.5) is 0 Å². The molecule has 0 radical (unpaired) electrons. The summed E-state index contributed by atoms with van der Waals surface area (Å²) >= 11 is 0. The van der Waals surface area contributed by atoms with Crippen molar-refractivity contribution in [2.24, 2.45) is 0 Å². The van der Waals surface area contributed by atoms with Crippen LogP contribution in [0, 0.1) is 11.6 Å². The largest absolute Gasteiger partial charge is 0.399 e. The predicted molar refractivity (Wildman–Crippen MR) is 111 cm³/mol. The van der Waals surface area contributed by atoms with E-state index in [0.717, 1.165) is 52.4 Å². The second kappa shape index (κ2) is 13.8. The van der Waals surface area contributed by atoms with Crippen LogP contribution in [0.25, 0.3) is 0 Å². The Morgan fingerprint density at radius 1 is 0.417 bits per heavy atom. The second-order valence-corrected chi connectivity index (χ2v) is 5.92. The van der Waals surface area contributed by atoms with E-state index in [2.05, 4.69) is 86.3 Å². The number of hydrogen-bond donors (Lipinski definition) is 0. The molecule has 0 spiro atoms. The van der Waals surface area contributed by atoms with E-state index in [9.17, 15) is 0 Å². The summed E-state index contributed by atoms with van der Waals surface area (Å²) in [5.74, 6) is 7.28. The van der Waals surface area contributed by atoms with Crippen molar-refractivity contribution in [2.75, 3.05) is 52.4 Å². The van der Waals surface area contributed by atoms with Crippen molar-refractivity contribution in [1.82, 2.24) is 19.2 Å². The van der Waals surface area contributed by atoms with E-state index in [4.69, 9.17) is 0 Å². The Bertz CT molecular complexity index is 298. The highest BCUT2D eigenvalue weighted by molar-refractivity contribution is 6.68. The third-order valence-corrected chi connectivity index (χ3v) is 4.97. The minimum atomic E-state index is 0.212. The summed E-state index contributed by atoms with van der Waals surface area (Å²) in [5.41, 5.74) is 0. The van der Waals surface area contributed by atoms with E-state index < -0.39 is 0 Å². The summed E-state index contributed by atoms with van der Waals surface area (Å²) in [6.07, 6.45) is 0. The van der Waals surface area contributed by atoms with Gasteiger partial charge in [0.1, 0.15) is 0 Å². The first-order valence-corrected chi connectivity index (χ1v) is 10.0. The van der Waals surface area contributed by atoms with Crippen LogP contribution in [0.5, 0.6) is 0 Å². The van der Waals surface area contributed by atoms with Crippen LogP contribution < -0.4 is 0 Å². The Balaban J connectivity index is 5.65. The van der Waals surface area contributed by atoms with Crippen LogP contribution in [0.15, 0.2) is 0 Å². The predicted octanol–water partition coefficient (Wildman–Crippen LogP) is 2.41. The van der Waals surface area contributed by atoms with Gasteiger partial charge in [-0.15, -0.1) is 11.6 Å². The second-order valence-electron chi connectivity index (χ2n) is 5.92. The van der Waals surface area contributed by atoms with Gasteiger partial charge in [0.2, 0.25) is 0 Å². The van der Waals surface area contributed by atoms with E-state index in [-0.39, 0.29) is 14.0 Å². The molecule has 0 aromatic heterocycles. The van der Waals surface area contributed by atoms with E-state index in [1.807, 2.05) is 0 Å². The average molecular weight is 334 g/mol. The van der Waals surface area contributed by atoms with Crippen LogP contribution in [0.2, 0.25) is 0 Å². The van der Waals surface area contributed by atoms with Crippen molar-refractivity contribution >= 4 is 14.0 Å². The molecule has 0 N–H and O–H groups in total. The SMILES string of the molecule is CCN(CC)B(C#CB(N(CC)CC)N(CC)CC)N(CC)CC. The molecular weight excluding hydrogens is 294 g/mol.